The van der Waals surface area contributed by atoms with Crippen molar-refractivity contribution in [1.82, 2.24) is 16.0 Å². The highest BCUT2D eigenvalue weighted by atomic mass is 16.2. The van der Waals surface area contributed by atoms with Crippen LogP contribution in [0.2, 0.25) is 0 Å². The highest BCUT2D eigenvalue weighted by molar-refractivity contribution is 5.82. The zero-order valence-electron chi connectivity index (χ0n) is 9.93. The maximum atomic E-state index is 11.8. The fraction of sp³-hybridized carbons (Fsp3) is 0.917. The lowest BCUT2D eigenvalue weighted by Crippen LogP contribution is -2.56. The first-order valence-corrected chi connectivity index (χ1v) is 6.58. The number of carbonyl (C=O) groups is 1. The standard InChI is InChI=1S/C12H23N3O/c16-12(11-9-13-6-7-14-11)15-8-10-4-2-1-3-5-10/h10-11,13-14H,1-9H2,(H,15,16). The fourth-order valence-electron chi connectivity index (χ4n) is 2.60. The lowest BCUT2D eigenvalue weighted by Gasteiger charge is -2.26. The van der Waals surface area contributed by atoms with Gasteiger partial charge in [0.15, 0.2) is 0 Å². The maximum Gasteiger partial charge on any atom is 0.238 e. The maximum absolute atomic E-state index is 11.8. The normalized spacial score (nSPS) is 27.6. The van der Waals surface area contributed by atoms with Crippen molar-refractivity contribution in [2.45, 2.75) is 38.1 Å². The van der Waals surface area contributed by atoms with Crippen molar-refractivity contribution >= 4 is 5.91 Å². The Morgan fingerprint density at radius 3 is 2.69 bits per heavy atom. The number of nitrogens with one attached hydrogen (secondary N) is 3. The molecular weight excluding hydrogens is 202 g/mol. The molecule has 1 aliphatic heterocycles. The van der Waals surface area contributed by atoms with Crippen molar-refractivity contribution in [3.8, 4) is 0 Å². The Kier molecular flexibility index (Phi) is 4.60. The van der Waals surface area contributed by atoms with E-state index in [1.54, 1.807) is 0 Å². The minimum Gasteiger partial charge on any atom is -0.354 e. The summed E-state index contributed by atoms with van der Waals surface area (Å²) >= 11 is 0. The second kappa shape index (κ2) is 6.21. The number of hydrogen-bond donors (Lipinski definition) is 3. The second-order valence-electron chi connectivity index (χ2n) is 4.96. The molecule has 1 heterocycles. The molecule has 0 aromatic heterocycles. The van der Waals surface area contributed by atoms with Gasteiger partial charge < -0.3 is 16.0 Å². The molecule has 16 heavy (non-hydrogen) atoms. The number of hydrogen-bond acceptors (Lipinski definition) is 3. The van der Waals surface area contributed by atoms with Gasteiger partial charge in [0.25, 0.3) is 0 Å². The van der Waals surface area contributed by atoms with Crippen LogP contribution >= 0.6 is 0 Å². The molecule has 1 saturated carbocycles. The van der Waals surface area contributed by atoms with Crippen molar-refractivity contribution in [3.63, 3.8) is 0 Å². The van der Waals surface area contributed by atoms with E-state index in [2.05, 4.69) is 16.0 Å². The first-order valence-electron chi connectivity index (χ1n) is 6.58. The van der Waals surface area contributed by atoms with Crippen molar-refractivity contribution in [2.24, 2.45) is 5.92 Å². The summed E-state index contributed by atoms with van der Waals surface area (Å²) in [5.41, 5.74) is 0. The number of carbonyl (C=O) groups excluding carboxylic acids is 1. The van der Waals surface area contributed by atoms with Crippen LogP contribution in [-0.2, 0) is 4.79 Å². The van der Waals surface area contributed by atoms with Gasteiger partial charge in [0, 0.05) is 26.2 Å². The van der Waals surface area contributed by atoms with E-state index in [-0.39, 0.29) is 11.9 Å². The van der Waals surface area contributed by atoms with E-state index < -0.39 is 0 Å². The molecule has 2 rings (SSSR count). The quantitative estimate of drug-likeness (QED) is 0.645. The zero-order valence-corrected chi connectivity index (χ0v) is 9.93. The lowest BCUT2D eigenvalue weighted by atomic mass is 9.89. The predicted molar refractivity (Wildman–Crippen MR) is 64.2 cm³/mol. The molecule has 0 radical (unpaired) electrons. The van der Waals surface area contributed by atoms with Gasteiger partial charge in [-0.2, -0.15) is 0 Å². The van der Waals surface area contributed by atoms with Crippen LogP contribution in [0.3, 0.4) is 0 Å². The molecule has 1 saturated heterocycles. The molecule has 4 nitrogen and oxygen atoms in total. The summed E-state index contributed by atoms with van der Waals surface area (Å²) in [5, 5.41) is 9.54. The van der Waals surface area contributed by atoms with E-state index in [9.17, 15) is 4.79 Å². The second-order valence-corrected chi connectivity index (χ2v) is 4.96. The number of rotatable bonds is 3. The number of piperazine rings is 1. The van der Waals surface area contributed by atoms with Gasteiger partial charge in [0.05, 0.1) is 6.04 Å². The molecule has 1 unspecified atom stereocenters. The van der Waals surface area contributed by atoms with Crippen molar-refractivity contribution in [1.29, 1.82) is 0 Å². The Morgan fingerprint density at radius 1 is 1.19 bits per heavy atom. The van der Waals surface area contributed by atoms with E-state index in [1.165, 1.54) is 32.1 Å². The Balaban J connectivity index is 1.65. The topological polar surface area (TPSA) is 53.2 Å². The van der Waals surface area contributed by atoms with Crippen LogP contribution in [0.1, 0.15) is 32.1 Å². The van der Waals surface area contributed by atoms with Gasteiger partial charge in [-0.3, -0.25) is 4.79 Å². The molecule has 0 bridgehead atoms. The molecule has 3 N–H and O–H groups in total. The predicted octanol–water partition coefficient (Wildman–Crippen LogP) is 0.244. The largest absolute Gasteiger partial charge is 0.354 e. The van der Waals surface area contributed by atoms with Crippen LogP contribution in [0.25, 0.3) is 0 Å². The van der Waals surface area contributed by atoms with Crippen molar-refractivity contribution in [2.75, 3.05) is 26.2 Å². The van der Waals surface area contributed by atoms with Gasteiger partial charge in [-0.05, 0) is 18.8 Å². The fourth-order valence-corrected chi connectivity index (χ4v) is 2.60. The minimum atomic E-state index is -0.0302. The van der Waals surface area contributed by atoms with E-state index >= 15 is 0 Å². The molecule has 1 aliphatic carbocycles. The van der Waals surface area contributed by atoms with Crippen LogP contribution < -0.4 is 16.0 Å². The third kappa shape index (κ3) is 3.46. The van der Waals surface area contributed by atoms with E-state index in [1.807, 2.05) is 0 Å². The molecule has 4 heteroatoms. The molecule has 2 aliphatic rings. The monoisotopic (exact) mass is 225 g/mol. The summed E-state index contributed by atoms with van der Waals surface area (Å²) in [6.45, 7) is 3.49. The highest BCUT2D eigenvalue weighted by Gasteiger charge is 2.21. The van der Waals surface area contributed by atoms with Crippen LogP contribution in [0, 0.1) is 5.92 Å². The van der Waals surface area contributed by atoms with E-state index in [0.717, 1.165) is 26.2 Å². The van der Waals surface area contributed by atoms with E-state index in [4.69, 9.17) is 0 Å². The van der Waals surface area contributed by atoms with E-state index in [0.29, 0.717) is 5.92 Å². The Hall–Kier alpha value is -0.610. The Labute approximate surface area is 97.6 Å². The molecule has 0 spiro atoms. The van der Waals surface area contributed by atoms with Crippen LogP contribution in [0.5, 0.6) is 0 Å². The lowest BCUT2D eigenvalue weighted by molar-refractivity contribution is -0.123. The first-order chi connectivity index (χ1) is 7.86. The van der Waals surface area contributed by atoms with Crippen molar-refractivity contribution in [3.05, 3.63) is 0 Å². The Morgan fingerprint density at radius 2 is 2.00 bits per heavy atom. The average molecular weight is 225 g/mol. The summed E-state index contributed by atoms with van der Waals surface area (Å²) in [7, 11) is 0. The summed E-state index contributed by atoms with van der Waals surface area (Å²) in [6, 6.07) is -0.0302. The average Bonchev–Trinajstić information content (AvgIpc) is 2.38. The van der Waals surface area contributed by atoms with Crippen molar-refractivity contribution < 1.29 is 4.79 Å². The van der Waals surface area contributed by atoms with Crippen LogP contribution in [0.15, 0.2) is 0 Å². The third-order valence-corrected chi connectivity index (χ3v) is 3.65. The molecule has 0 aromatic rings. The van der Waals surface area contributed by atoms with Crippen LogP contribution in [-0.4, -0.2) is 38.1 Å². The summed E-state index contributed by atoms with van der Waals surface area (Å²) < 4.78 is 0. The summed E-state index contributed by atoms with van der Waals surface area (Å²) in [5.74, 6) is 0.882. The highest BCUT2D eigenvalue weighted by Crippen LogP contribution is 2.22. The van der Waals surface area contributed by atoms with Gasteiger partial charge in [-0.25, -0.2) is 0 Å². The minimum absolute atomic E-state index is 0.0302. The Bertz CT molecular complexity index is 220. The molecule has 0 aromatic carbocycles. The van der Waals surface area contributed by atoms with Gasteiger partial charge in [0.2, 0.25) is 5.91 Å². The zero-order chi connectivity index (χ0) is 11.2. The molecule has 1 amide bonds. The SMILES string of the molecule is O=C(NCC1CCCCC1)C1CNCCN1. The number of amides is 1. The first kappa shape index (κ1) is 11.9. The van der Waals surface area contributed by atoms with Gasteiger partial charge in [-0.15, -0.1) is 0 Å². The van der Waals surface area contributed by atoms with Gasteiger partial charge in [0.1, 0.15) is 0 Å². The van der Waals surface area contributed by atoms with Crippen LogP contribution in [0.4, 0.5) is 0 Å². The molecule has 2 fully saturated rings. The molecular formula is C12H23N3O. The molecule has 1 atom stereocenters. The molecule has 92 valence electrons. The van der Waals surface area contributed by atoms with Gasteiger partial charge in [-0.1, -0.05) is 19.3 Å². The summed E-state index contributed by atoms with van der Waals surface area (Å²) in [4.78, 5) is 11.8. The van der Waals surface area contributed by atoms with Gasteiger partial charge >= 0.3 is 0 Å². The third-order valence-electron chi connectivity index (χ3n) is 3.65. The smallest absolute Gasteiger partial charge is 0.238 e. The summed E-state index contributed by atoms with van der Waals surface area (Å²) in [6.07, 6.45) is 6.62.